The van der Waals surface area contributed by atoms with Crippen LogP contribution in [0.2, 0.25) is 0 Å². The Balaban J connectivity index is 1.40. The number of benzene rings is 4. The maximum atomic E-state index is 13.8. The fraction of sp³-hybridized carbons (Fsp3) is 0.314. The Morgan fingerprint density at radius 3 is 2.23 bits per heavy atom. The van der Waals surface area contributed by atoms with Gasteiger partial charge in [-0.2, -0.15) is 0 Å². The Morgan fingerprint density at radius 2 is 1.55 bits per heavy atom. The normalized spacial score (nSPS) is 15.1. The lowest BCUT2D eigenvalue weighted by molar-refractivity contribution is -0.135. The van der Waals surface area contributed by atoms with Crippen molar-refractivity contribution >= 4 is 39.5 Å². The highest BCUT2D eigenvalue weighted by molar-refractivity contribution is 7.80. The summed E-state index contributed by atoms with van der Waals surface area (Å²) in [4.78, 5) is 29.2. The number of nitrogens with zero attached hydrogens (tertiary/aromatic N) is 2. The third-order valence-corrected chi connectivity index (χ3v) is 8.87. The molecule has 230 valence electrons. The van der Waals surface area contributed by atoms with Gasteiger partial charge in [0.1, 0.15) is 6.04 Å². The van der Waals surface area contributed by atoms with E-state index in [0.717, 1.165) is 47.8 Å². The van der Waals surface area contributed by atoms with E-state index in [9.17, 15) is 18.4 Å². The Morgan fingerprint density at radius 1 is 0.886 bits per heavy atom. The van der Waals surface area contributed by atoms with Crippen LogP contribution < -0.4 is 14.9 Å². The van der Waals surface area contributed by atoms with Gasteiger partial charge in [-0.1, -0.05) is 91.9 Å². The highest BCUT2D eigenvalue weighted by Crippen LogP contribution is 2.33. The van der Waals surface area contributed by atoms with Gasteiger partial charge in [0.2, 0.25) is 11.8 Å². The summed E-state index contributed by atoms with van der Waals surface area (Å²) in [5.74, 6) is -0.501. The van der Waals surface area contributed by atoms with E-state index >= 15 is 0 Å². The summed E-state index contributed by atoms with van der Waals surface area (Å²) in [6.07, 6.45) is 2.08. The minimum atomic E-state index is -2.68. The van der Waals surface area contributed by atoms with E-state index < -0.39 is 29.3 Å². The number of hydrogen-bond donors (Lipinski definition) is 2. The van der Waals surface area contributed by atoms with Gasteiger partial charge in [-0.3, -0.25) is 18.1 Å². The van der Waals surface area contributed by atoms with E-state index in [1.54, 1.807) is 6.07 Å². The van der Waals surface area contributed by atoms with Gasteiger partial charge in [0.15, 0.2) is 0 Å². The molecule has 1 fully saturated rings. The molecule has 1 aliphatic rings. The van der Waals surface area contributed by atoms with E-state index in [0.29, 0.717) is 30.8 Å². The summed E-state index contributed by atoms with van der Waals surface area (Å²) in [5.41, 5.74) is 3.23. The minimum absolute atomic E-state index is 0.109. The number of hydrogen-bond acceptors (Lipinski definition) is 5. The molecule has 0 bridgehead atoms. The first-order chi connectivity index (χ1) is 21.4. The van der Waals surface area contributed by atoms with Crippen LogP contribution in [0.3, 0.4) is 0 Å². The average Bonchev–Trinajstić information content (AvgIpc) is 3.59. The smallest absolute Gasteiger partial charge is 0.245 e. The Hall–Kier alpha value is -4.05. The zero-order valence-electron chi connectivity index (χ0n) is 25.0. The molecule has 0 saturated carbocycles. The molecule has 4 aromatic rings. The lowest BCUT2D eigenvalue weighted by atomic mass is 10.0. The maximum absolute atomic E-state index is 13.8. The van der Waals surface area contributed by atoms with Crippen LogP contribution in [0.5, 0.6) is 0 Å². The molecule has 1 saturated heterocycles. The van der Waals surface area contributed by atoms with Gasteiger partial charge in [-0.25, -0.2) is 0 Å². The second kappa shape index (κ2) is 15.1. The van der Waals surface area contributed by atoms with E-state index in [4.69, 9.17) is 0 Å². The first-order valence-electron chi connectivity index (χ1n) is 15.2. The molecule has 0 radical (unpaired) electrons. The molecule has 1 aliphatic heterocycles. The summed E-state index contributed by atoms with van der Waals surface area (Å²) < 4.78 is 26.9. The van der Waals surface area contributed by atoms with Crippen LogP contribution >= 0.6 is 0 Å². The van der Waals surface area contributed by atoms with Gasteiger partial charge in [0.25, 0.3) is 0 Å². The fourth-order valence-electron chi connectivity index (χ4n) is 5.78. The largest absolute Gasteiger partial charge is 0.755 e. The number of carbonyl (C=O) groups excluding carboxylic acids is 2. The van der Waals surface area contributed by atoms with Crippen LogP contribution in [0, 0.1) is 0 Å². The molecule has 0 aromatic heterocycles. The van der Waals surface area contributed by atoms with Crippen molar-refractivity contribution in [3.8, 4) is 0 Å². The molecule has 5 rings (SSSR count). The van der Waals surface area contributed by atoms with Crippen molar-refractivity contribution in [2.75, 3.05) is 23.9 Å². The molecule has 0 spiro atoms. The SMILES string of the molecule is CCNCc1ccc(CC(NC(=O)CC(c2ccccc2)N(c2ccc3ccccc3c2)S(=O)[O-])C(=O)N2CCCC2)cc1. The number of rotatable bonds is 13. The van der Waals surface area contributed by atoms with Crippen molar-refractivity contribution < 1.29 is 18.4 Å². The fourth-order valence-corrected chi connectivity index (χ4v) is 6.47. The molecule has 9 heteroatoms. The van der Waals surface area contributed by atoms with Gasteiger partial charge < -0.3 is 20.1 Å². The lowest BCUT2D eigenvalue weighted by Crippen LogP contribution is -2.49. The van der Waals surface area contributed by atoms with Gasteiger partial charge in [0.05, 0.1) is 12.5 Å². The third kappa shape index (κ3) is 7.91. The number of nitrogens with one attached hydrogen (secondary N) is 2. The first kappa shape index (κ1) is 31.4. The third-order valence-electron chi connectivity index (χ3n) is 8.09. The van der Waals surface area contributed by atoms with Crippen LogP contribution in [0.1, 0.15) is 48.9 Å². The van der Waals surface area contributed by atoms with Crippen LogP contribution in [-0.4, -0.2) is 51.2 Å². The summed E-state index contributed by atoms with van der Waals surface area (Å²) in [7, 11) is 0. The van der Waals surface area contributed by atoms with Crippen molar-refractivity contribution in [3.63, 3.8) is 0 Å². The Labute approximate surface area is 261 Å². The van der Waals surface area contributed by atoms with E-state index in [-0.39, 0.29) is 12.3 Å². The predicted octanol–water partition coefficient (Wildman–Crippen LogP) is 5.03. The zero-order valence-corrected chi connectivity index (χ0v) is 25.8. The van der Waals surface area contributed by atoms with Crippen molar-refractivity contribution in [1.82, 2.24) is 15.5 Å². The van der Waals surface area contributed by atoms with Crippen LogP contribution in [0.4, 0.5) is 5.69 Å². The van der Waals surface area contributed by atoms with Crippen molar-refractivity contribution in [2.45, 2.75) is 51.2 Å². The van der Waals surface area contributed by atoms with Crippen molar-refractivity contribution in [2.24, 2.45) is 0 Å². The average molecular weight is 612 g/mol. The summed E-state index contributed by atoms with van der Waals surface area (Å²) >= 11 is -2.68. The molecule has 44 heavy (non-hydrogen) atoms. The number of fused-ring (bicyclic) bond motifs is 1. The molecule has 2 amide bonds. The predicted molar refractivity (Wildman–Crippen MR) is 174 cm³/mol. The molecule has 2 N–H and O–H groups in total. The second-order valence-corrected chi connectivity index (χ2v) is 12.0. The minimum Gasteiger partial charge on any atom is -0.755 e. The molecule has 3 atom stereocenters. The van der Waals surface area contributed by atoms with Gasteiger partial charge in [-0.05, 0) is 59.0 Å². The van der Waals surface area contributed by atoms with Gasteiger partial charge in [-0.15, -0.1) is 0 Å². The maximum Gasteiger partial charge on any atom is 0.245 e. The molecular formula is C35H39N4O4S-. The summed E-state index contributed by atoms with van der Waals surface area (Å²) in [6, 6.07) is 28.8. The molecule has 3 unspecified atom stereocenters. The van der Waals surface area contributed by atoms with Crippen molar-refractivity contribution in [1.29, 1.82) is 0 Å². The molecule has 8 nitrogen and oxygen atoms in total. The molecule has 0 aliphatic carbocycles. The highest BCUT2D eigenvalue weighted by Gasteiger charge is 2.31. The van der Waals surface area contributed by atoms with Gasteiger partial charge in [0, 0.05) is 43.0 Å². The van der Waals surface area contributed by atoms with E-state index in [1.807, 2.05) is 95.9 Å². The lowest BCUT2D eigenvalue weighted by Gasteiger charge is -2.35. The molecule has 4 aromatic carbocycles. The monoisotopic (exact) mass is 611 g/mol. The van der Waals surface area contributed by atoms with E-state index in [2.05, 4.69) is 17.6 Å². The van der Waals surface area contributed by atoms with Crippen LogP contribution in [0.25, 0.3) is 10.8 Å². The van der Waals surface area contributed by atoms with Crippen LogP contribution in [-0.2, 0) is 33.8 Å². The van der Waals surface area contributed by atoms with Crippen LogP contribution in [0.15, 0.2) is 97.1 Å². The standard InChI is InChI=1S/C35H40N4O4S/c1-2-36-25-27-16-14-26(15-17-27)22-32(35(41)38-20-8-9-21-38)37-34(40)24-33(29-11-4-3-5-12-29)39(44(42)43)31-19-18-28-10-6-7-13-30(28)23-31/h3-7,10-19,23,32-33,36H,2,8-9,20-22,24-25H2,1H3,(H,37,40)(H,42,43)/p-1. The topological polar surface area (TPSA) is 105 Å². The highest BCUT2D eigenvalue weighted by atomic mass is 32.2. The molecular weight excluding hydrogens is 572 g/mol. The number of anilines is 1. The van der Waals surface area contributed by atoms with E-state index in [1.165, 1.54) is 4.31 Å². The van der Waals surface area contributed by atoms with Gasteiger partial charge >= 0.3 is 0 Å². The first-order valence-corrected chi connectivity index (χ1v) is 16.2. The Bertz CT molecular complexity index is 1570. The molecule has 1 heterocycles. The van der Waals surface area contributed by atoms with Crippen molar-refractivity contribution in [3.05, 3.63) is 114 Å². The number of carbonyl (C=O) groups is 2. The quantitative estimate of drug-likeness (QED) is 0.206. The summed E-state index contributed by atoms with van der Waals surface area (Å²) in [5, 5.41) is 8.18. The Kier molecular flexibility index (Phi) is 10.8. The second-order valence-electron chi connectivity index (χ2n) is 11.2. The zero-order chi connectivity index (χ0) is 30.9. The summed E-state index contributed by atoms with van der Waals surface area (Å²) in [6.45, 7) is 5.04. The number of likely N-dealkylation sites (tertiary alicyclic amines) is 1. The number of amides is 2.